The molecule has 2 atom stereocenters. The number of nitrogens with two attached hydrogens (primary N) is 1. The van der Waals surface area contributed by atoms with Crippen LogP contribution in [-0.2, 0) is 31.2 Å². The van der Waals surface area contributed by atoms with Crippen molar-refractivity contribution < 1.29 is 23.8 Å². The number of hydrogen-bond donors (Lipinski definition) is 1. The Morgan fingerprint density at radius 2 is 1.91 bits per heavy atom. The first-order chi connectivity index (χ1) is 15.9. The summed E-state index contributed by atoms with van der Waals surface area (Å²) in [6.07, 6.45) is 3.75. The van der Waals surface area contributed by atoms with Crippen LogP contribution < -0.4 is 5.73 Å². The summed E-state index contributed by atoms with van der Waals surface area (Å²) in [5.74, 6) is 0.249. The number of rotatable bonds is 8. The van der Waals surface area contributed by atoms with Gasteiger partial charge in [-0.2, -0.15) is 0 Å². The Bertz CT molecular complexity index is 1130. The lowest BCUT2D eigenvalue weighted by atomic mass is 9.80. The highest BCUT2D eigenvalue weighted by Crippen LogP contribution is 2.46. The molecule has 172 valence electrons. The van der Waals surface area contributed by atoms with E-state index in [1.165, 1.54) is 7.11 Å². The van der Waals surface area contributed by atoms with Gasteiger partial charge in [-0.15, -0.1) is 0 Å². The van der Waals surface area contributed by atoms with Gasteiger partial charge in [-0.1, -0.05) is 24.3 Å². The van der Waals surface area contributed by atoms with Gasteiger partial charge in [0.15, 0.2) is 17.1 Å². The molecule has 0 spiro atoms. The van der Waals surface area contributed by atoms with Crippen LogP contribution >= 0.6 is 0 Å². The van der Waals surface area contributed by atoms with E-state index in [0.717, 1.165) is 11.1 Å². The highest BCUT2D eigenvalue weighted by atomic mass is 16.5. The quantitative estimate of drug-likeness (QED) is 0.665. The third-order valence-corrected chi connectivity index (χ3v) is 6.26. The first-order valence-corrected chi connectivity index (χ1v) is 10.6. The number of pyridine rings is 1. The van der Waals surface area contributed by atoms with Crippen LogP contribution in [0.2, 0.25) is 0 Å². The monoisotopic (exact) mass is 449 g/mol. The van der Waals surface area contributed by atoms with Gasteiger partial charge in [-0.05, 0) is 35.4 Å². The molecule has 8 heteroatoms. The predicted octanol–water partition coefficient (Wildman–Crippen LogP) is 2.66. The summed E-state index contributed by atoms with van der Waals surface area (Å²) in [7, 11) is 4.65. The second kappa shape index (κ2) is 9.07. The predicted molar refractivity (Wildman–Crippen MR) is 121 cm³/mol. The Hall–Kier alpha value is -3.65. The average Bonchev–Trinajstić information content (AvgIpc) is 3.18. The van der Waals surface area contributed by atoms with Crippen molar-refractivity contribution >= 4 is 11.8 Å². The van der Waals surface area contributed by atoms with E-state index in [1.54, 1.807) is 31.4 Å². The van der Waals surface area contributed by atoms with E-state index < -0.39 is 17.6 Å². The van der Waals surface area contributed by atoms with E-state index in [1.807, 2.05) is 42.5 Å². The molecule has 0 saturated carbocycles. The number of hydrogen-bond acceptors (Lipinski definition) is 6. The van der Waals surface area contributed by atoms with Crippen LogP contribution in [0.1, 0.15) is 34.5 Å². The van der Waals surface area contributed by atoms with Crippen molar-refractivity contribution in [3.05, 3.63) is 88.6 Å². The summed E-state index contributed by atoms with van der Waals surface area (Å²) >= 11 is 0. The fourth-order valence-corrected chi connectivity index (χ4v) is 4.72. The Labute approximate surface area is 192 Å². The standard InChI is InChI=1S/C25H27N3O5/c1-31-20-12-17(14-25(33-3,23(20)32-2)21-10-6-7-11-27-21)19(13-22(26)29)28-15-16-8-4-5-9-18(16)24(28)30/h4-12,19H,13-15H2,1-3H3,(H2,26,29). The third kappa shape index (κ3) is 3.87. The maximum atomic E-state index is 13.3. The molecule has 1 aliphatic carbocycles. The van der Waals surface area contributed by atoms with Gasteiger partial charge < -0.3 is 24.8 Å². The van der Waals surface area contributed by atoms with Crippen molar-refractivity contribution in [3.63, 3.8) is 0 Å². The molecule has 8 nitrogen and oxygen atoms in total. The second-order valence-electron chi connectivity index (χ2n) is 8.02. The average molecular weight is 450 g/mol. The molecule has 1 aromatic heterocycles. The Balaban J connectivity index is 1.83. The zero-order chi connectivity index (χ0) is 23.6. The van der Waals surface area contributed by atoms with Gasteiger partial charge in [0.2, 0.25) is 5.91 Å². The summed E-state index contributed by atoms with van der Waals surface area (Å²) in [5, 5.41) is 0. The van der Waals surface area contributed by atoms with Gasteiger partial charge in [0.1, 0.15) is 0 Å². The number of amides is 2. The van der Waals surface area contributed by atoms with Crippen molar-refractivity contribution in [1.82, 2.24) is 9.88 Å². The van der Waals surface area contributed by atoms with Crippen molar-refractivity contribution in [1.29, 1.82) is 0 Å². The number of nitrogens with zero attached hydrogens (tertiary/aromatic N) is 2. The first-order valence-electron chi connectivity index (χ1n) is 10.6. The maximum absolute atomic E-state index is 13.3. The van der Waals surface area contributed by atoms with Crippen LogP contribution in [0.25, 0.3) is 0 Å². The lowest BCUT2D eigenvalue weighted by Gasteiger charge is -2.40. The summed E-state index contributed by atoms with van der Waals surface area (Å²) in [5.41, 5.74) is 7.47. The molecule has 2 amide bonds. The van der Waals surface area contributed by atoms with Crippen molar-refractivity contribution in [2.45, 2.75) is 31.0 Å². The minimum atomic E-state index is -1.10. The molecule has 0 bridgehead atoms. The highest BCUT2D eigenvalue weighted by Gasteiger charge is 2.48. The number of methoxy groups -OCH3 is 3. The number of allylic oxidation sites excluding steroid dienone is 1. The van der Waals surface area contributed by atoms with Crippen LogP contribution in [0, 0.1) is 0 Å². The number of aromatic nitrogens is 1. The zero-order valence-corrected chi connectivity index (χ0v) is 18.9. The summed E-state index contributed by atoms with van der Waals surface area (Å²) in [6, 6.07) is 12.4. The number of ether oxygens (including phenoxy) is 3. The summed E-state index contributed by atoms with van der Waals surface area (Å²) in [6.45, 7) is 0.386. The highest BCUT2D eigenvalue weighted by molar-refractivity contribution is 5.99. The van der Waals surface area contributed by atoms with E-state index in [9.17, 15) is 9.59 Å². The van der Waals surface area contributed by atoms with Crippen LogP contribution in [-0.4, -0.2) is 49.1 Å². The number of fused-ring (bicyclic) bond motifs is 1. The van der Waals surface area contributed by atoms with Gasteiger partial charge in [0.05, 0.1) is 32.4 Å². The first kappa shape index (κ1) is 22.5. The minimum absolute atomic E-state index is 0.0348. The lowest BCUT2D eigenvalue weighted by Crippen LogP contribution is -2.44. The fourth-order valence-electron chi connectivity index (χ4n) is 4.72. The zero-order valence-electron chi connectivity index (χ0n) is 18.9. The van der Waals surface area contributed by atoms with Crippen LogP contribution in [0.5, 0.6) is 0 Å². The van der Waals surface area contributed by atoms with Crippen molar-refractivity contribution in [2.24, 2.45) is 5.73 Å². The Kier molecular flexibility index (Phi) is 6.20. The molecule has 0 saturated heterocycles. The number of carbonyl (C=O) groups excluding carboxylic acids is 2. The van der Waals surface area contributed by atoms with Crippen LogP contribution in [0.3, 0.4) is 0 Å². The summed E-state index contributed by atoms with van der Waals surface area (Å²) < 4.78 is 17.4. The fraction of sp³-hybridized carbons (Fsp3) is 0.320. The molecule has 2 N–H and O–H groups in total. The molecule has 2 unspecified atom stereocenters. The molecule has 0 radical (unpaired) electrons. The van der Waals surface area contributed by atoms with E-state index in [0.29, 0.717) is 35.7 Å². The van der Waals surface area contributed by atoms with Crippen molar-refractivity contribution in [2.75, 3.05) is 21.3 Å². The van der Waals surface area contributed by atoms with Crippen molar-refractivity contribution in [3.8, 4) is 0 Å². The number of carbonyl (C=O) groups is 2. The lowest BCUT2D eigenvalue weighted by molar-refractivity contribution is -0.118. The minimum Gasteiger partial charge on any atom is -0.494 e. The SMILES string of the molecule is COC1=C(OC)C(OC)(c2ccccn2)CC(C(CC(N)=O)N2Cc3ccccc3C2=O)=C1. The number of primary amides is 1. The van der Waals surface area contributed by atoms with Gasteiger partial charge in [0.25, 0.3) is 5.91 Å². The molecule has 1 aromatic carbocycles. The van der Waals surface area contributed by atoms with Gasteiger partial charge >= 0.3 is 0 Å². The molecule has 4 rings (SSSR count). The smallest absolute Gasteiger partial charge is 0.255 e. The van der Waals surface area contributed by atoms with E-state index in [2.05, 4.69) is 4.98 Å². The van der Waals surface area contributed by atoms with Gasteiger partial charge in [0, 0.05) is 31.8 Å². The third-order valence-electron chi connectivity index (χ3n) is 6.26. The molecule has 2 aromatic rings. The molecule has 1 aliphatic heterocycles. The van der Waals surface area contributed by atoms with Gasteiger partial charge in [-0.3, -0.25) is 14.6 Å². The van der Waals surface area contributed by atoms with Crippen LogP contribution in [0.4, 0.5) is 0 Å². The number of benzene rings is 1. The molecule has 2 heterocycles. The normalized spacial score (nSPS) is 20.9. The molecular weight excluding hydrogens is 422 g/mol. The Morgan fingerprint density at radius 3 is 2.52 bits per heavy atom. The van der Waals surface area contributed by atoms with Gasteiger partial charge in [-0.25, -0.2) is 0 Å². The topological polar surface area (TPSA) is 104 Å². The van der Waals surface area contributed by atoms with E-state index in [4.69, 9.17) is 19.9 Å². The largest absolute Gasteiger partial charge is 0.494 e. The molecule has 33 heavy (non-hydrogen) atoms. The molecule has 2 aliphatic rings. The Morgan fingerprint density at radius 1 is 1.15 bits per heavy atom. The molecule has 0 fully saturated rings. The van der Waals surface area contributed by atoms with E-state index in [-0.39, 0.29) is 12.3 Å². The maximum Gasteiger partial charge on any atom is 0.255 e. The summed E-state index contributed by atoms with van der Waals surface area (Å²) in [4.78, 5) is 31.6. The molecular formula is C25H27N3O5. The van der Waals surface area contributed by atoms with E-state index >= 15 is 0 Å². The second-order valence-corrected chi connectivity index (χ2v) is 8.02. The van der Waals surface area contributed by atoms with Crippen LogP contribution in [0.15, 0.2) is 71.8 Å².